The number of rotatable bonds is 8. The molecule has 0 heterocycles. The van der Waals surface area contributed by atoms with E-state index in [-0.39, 0.29) is 5.78 Å². The van der Waals surface area contributed by atoms with E-state index in [2.05, 4.69) is 0 Å². The van der Waals surface area contributed by atoms with E-state index in [4.69, 9.17) is 9.47 Å². The second kappa shape index (κ2) is 9.82. The molecule has 0 bridgehead atoms. The molecule has 0 saturated carbocycles. The number of ether oxygens (including phenoxy) is 2. The number of hydrogen-bond donors (Lipinski definition) is 0. The molecule has 0 radical (unpaired) electrons. The van der Waals surface area contributed by atoms with Crippen molar-refractivity contribution < 1.29 is 19.1 Å². The number of thioether (sulfide) groups is 1. The molecular weight excluding hydrogens is 326 g/mol. The van der Waals surface area contributed by atoms with Crippen LogP contribution in [0.4, 0.5) is 0 Å². The molecule has 0 aliphatic carbocycles. The molecule has 130 valence electrons. The quantitative estimate of drug-likeness (QED) is 0.311. The minimum atomic E-state index is -0.420. The van der Waals surface area contributed by atoms with E-state index in [1.807, 2.05) is 6.26 Å². The van der Waals surface area contributed by atoms with Gasteiger partial charge in [0.15, 0.2) is 5.78 Å². The molecule has 0 aromatic heterocycles. The van der Waals surface area contributed by atoms with Gasteiger partial charge in [-0.15, -0.1) is 11.8 Å². The standard InChI is InChI=1S/C18H23NO4S/c1-6-23-18(21)15(19(2)3)11-12-16(24-5)17(20)13-7-9-14(22-4)10-8-13/h7-12H,6H2,1-5H3/b15-11-,16-12-. The highest BCUT2D eigenvalue weighted by Gasteiger charge is 2.14. The molecule has 5 nitrogen and oxygen atoms in total. The number of methoxy groups -OCH3 is 1. The molecule has 1 aromatic rings. The fourth-order valence-corrected chi connectivity index (χ4v) is 2.39. The Hall–Kier alpha value is -2.21. The third-order valence-corrected chi connectivity index (χ3v) is 3.92. The Bertz CT molecular complexity index is 633. The van der Waals surface area contributed by atoms with Crippen LogP contribution in [0.2, 0.25) is 0 Å². The summed E-state index contributed by atoms with van der Waals surface area (Å²) in [5.74, 6) is 0.165. The number of ketones is 1. The lowest BCUT2D eigenvalue weighted by atomic mass is 10.1. The molecule has 0 atom stereocenters. The third-order valence-electron chi connectivity index (χ3n) is 3.15. The van der Waals surface area contributed by atoms with E-state index < -0.39 is 5.97 Å². The summed E-state index contributed by atoms with van der Waals surface area (Å²) in [6.45, 7) is 2.05. The SMILES string of the molecule is CCOC(=O)/C(=C/C=C(\SC)C(=O)c1ccc(OC)cc1)N(C)C. The molecular formula is C18H23NO4S. The summed E-state index contributed by atoms with van der Waals surface area (Å²) in [5.41, 5.74) is 0.943. The van der Waals surface area contributed by atoms with Crippen molar-refractivity contribution in [3.05, 3.63) is 52.6 Å². The van der Waals surface area contributed by atoms with Crippen molar-refractivity contribution in [1.29, 1.82) is 0 Å². The number of Topliss-reactive ketones (excluding diaryl/α,β-unsaturated/α-hetero) is 1. The van der Waals surface area contributed by atoms with Gasteiger partial charge in [0.05, 0.1) is 18.6 Å². The van der Waals surface area contributed by atoms with Gasteiger partial charge in [-0.25, -0.2) is 4.79 Å². The van der Waals surface area contributed by atoms with E-state index in [1.165, 1.54) is 11.8 Å². The Kier molecular flexibility index (Phi) is 8.12. The molecule has 0 aliphatic heterocycles. The highest BCUT2D eigenvalue weighted by Crippen LogP contribution is 2.21. The summed E-state index contributed by atoms with van der Waals surface area (Å²) in [7, 11) is 5.08. The Morgan fingerprint density at radius 3 is 2.25 bits per heavy atom. The second-order valence-corrected chi connectivity index (χ2v) is 5.81. The summed E-state index contributed by atoms with van der Waals surface area (Å²) < 4.78 is 10.1. The van der Waals surface area contributed by atoms with Crippen LogP contribution >= 0.6 is 11.8 Å². The Morgan fingerprint density at radius 1 is 1.17 bits per heavy atom. The summed E-state index contributed by atoms with van der Waals surface area (Å²) >= 11 is 1.33. The highest BCUT2D eigenvalue weighted by molar-refractivity contribution is 8.03. The summed E-state index contributed by atoms with van der Waals surface area (Å²) in [5, 5.41) is 0. The average Bonchev–Trinajstić information content (AvgIpc) is 2.58. The molecule has 1 rings (SSSR count). The van der Waals surface area contributed by atoms with Crippen molar-refractivity contribution in [3.63, 3.8) is 0 Å². The van der Waals surface area contributed by atoms with Crippen molar-refractivity contribution in [3.8, 4) is 5.75 Å². The topological polar surface area (TPSA) is 55.8 Å². The van der Waals surface area contributed by atoms with Crippen LogP contribution in [0.3, 0.4) is 0 Å². The lowest BCUT2D eigenvalue weighted by Crippen LogP contribution is -2.21. The molecule has 0 fully saturated rings. The van der Waals surface area contributed by atoms with Crippen LogP contribution in [0, 0.1) is 0 Å². The van der Waals surface area contributed by atoms with Gasteiger partial charge < -0.3 is 14.4 Å². The first-order valence-corrected chi connectivity index (χ1v) is 8.66. The maximum absolute atomic E-state index is 12.6. The zero-order valence-corrected chi connectivity index (χ0v) is 15.5. The number of hydrogen-bond acceptors (Lipinski definition) is 6. The van der Waals surface area contributed by atoms with E-state index in [0.29, 0.717) is 28.5 Å². The van der Waals surface area contributed by atoms with Crippen LogP contribution in [0.15, 0.2) is 47.0 Å². The fourth-order valence-electron chi connectivity index (χ4n) is 1.88. The Balaban J connectivity index is 3.08. The zero-order valence-electron chi connectivity index (χ0n) is 14.7. The number of likely N-dealkylation sites (N-methyl/N-ethyl adjacent to an activating group) is 1. The predicted octanol–water partition coefficient (Wildman–Crippen LogP) is 3.13. The first-order valence-electron chi connectivity index (χ1n) is 7.43. The Labute approximate surface area is 147 Å². The minimum Gasteiger partial charge on any atom is -0.497 e. The molecule has 24 heavy (non-hydrogen) atoms. The number of nitrogens with zero attached hydrogens (tertiary/aromatic N) is 1. The maximum Gasteiger partial charge on any atom is 0.354 e. The summed E-state index contributed by atoms with van der Waals surface area (Å²) in [6.07, 6.45) is 5.07. The van der Waals surface area contributed by atoms with Gasteiger partial charge in [0.1, 0.15) is 11.4 Å². The van der Waals surface area contributed by atoms with Crippen LogP contribution in [-0.2, 0) is 9.53 Å². The van der Waals surface area contributed by atoms with Crippen molar-refractivity contribution in [2.24, 2.45) is 0 Å². The number of esters is 1. The second-order valence-electron chi connectivity index (χ2n) is 4.96. The number of benzene rings is 1. The van der Waals surface area contributed by atoms with Crippen molar-refractivity contribution in [1.82, 2.24) is 4.90 Å². The van der Waals surface area contributed by atoms with Gasteiger partial charge in [0.25, 0.3) is 0 Å². The van der Waals surface area contributed by atoms with Crippen molar-refractivity contribution in [2.45, 2.75) is 6.92 Å². The van der Waals surface area contributed by atoms with Crippen LogP contribution in [-0.4, -0.2) is 50.7 Å². The van der Waals surface area contributed by atoms with Gasteiger partial charge >= 0.3 is 5.97 Å². The van der Waals surface area contributed by atoms with Gasteiger partial charge in [-0.05, 0) is 49.6 Å². The first-order chi connectivity index (χ1) is 11.4. The maximum atomic E-state index is 12.6. The molecule has 0 N–H and O–H groups in total. The van der Waals surface area contributed by atoms with Gasteiger partial charge in [-0.3, -0.25) is 4.79 Å². The van der Waals surface area contributed by atoms with E-state index in [0.717, 1.165) is 0 Å². The van der Waals surface area contributed by atoms with Crippen LogP contribution < -0.4 is 4.74 Å². The van der Waals surface area contributed by atoms with Crippen molar-refractivity contribution in [2.75, 3.05) is 34.1 Å². The van der Waals surface area contributed by atoms with Gasteiger partial charge in [-0.2, -0.15) is 0 Å². The third kappa shape index (κ3) is 5.45. The average molecular weight is 349 g/mol. The largest absolute Gasteiger partial charge is 0.497 e. The van der Waals surface area contributed by atoms with Crippen LogP contribution in [0.25, 0.3) is 0 Å². The summed E-state index contributed by atoms with van der Waals surface area (Å²) in [6, 6.07) is 6.91. The number of carbonyl (C=O) groups is 2. The molecule has 0 amide bonds. The van der Waals surface area contributed by atoms with Gasteiger partial charge in [0, 0.05) is 19.7 Å². The minimum absolute atomic E-state index is 0.108. The molecule has 0 saturated heterocycles. The number of carbonyl (C=O) groups excluding carboxylic acids is 2. The molecule has 0 unspecified atom stereocenters. The highest BCUT2D eigenvalue weighted by atomic mass is 32.2. The smallest absolute Gasteiger partial charge is 0.354 e. The first kappa shape index (κ1) is 19.8. The van der Waals surface area contributed by atoms with E-state index >= 15 is 0 Å². The van der Waals surface area contributed by atoms with Gasteiger partial charge in [0.2, 0.25) is 0 Å². The molecule has 6 heteroatoms. The van der Waals surface area contributed by atoms with E-state index in [9.17, 15) is 9.59 Å². The van der Waals surface area contributed by atoms with Crippen molar-refractivity contribution >= 4 is 23.5 Å². The Morgan fingerprint density at radius 2 is 1.79 bits per heavy atom. The van der Waals surface area contributed by atoms with Gasteiger partial charge in [-0.1, -0.05) is 0 Å². The summed E-state index contributed by atoms with van der Waals surface area (Å²) in [4.78, 5) is 26.7. The monoisotopic (exact) mass is 349 g/mol. The lowest BCUT2D eigenvalue weighted by molar-refractivity contribution is -0.140. The normalized spacial score (nSPS) is 11.9. The lowest BCUT2D eigenvalue weighted by Gasteiger charge is -2.15. The predicted molar refractivity (Wildman–Crippen MR) is 97.3 cm³/mol. The fraction of sp³-hybridized carbons (Fsp3) is 0.333. The number of allylic oxidation sites excluding steroid dienone is 3. The molecule has 1 aromatic carbocycles. The molecule has 0 aliphatic rings. The van der Waals surface area contributed by atoms with Crippen LogP contribution in [0.5, 0.6) is 5.75 Å². The van der Waals surface area contributed by atoms with Crippen LogP contribution in [0.1, 0.15) is 17.3 Å². The molecule has 0 spiro atoms. The zero-order chi connectivity index (χ0) is 18.1. The van der Waals surface area contributed by atoms with E-state index in [1.54, 1.807) is 69.4 Å².